The quantitative estimate of drug-likeness (QED) is 0.467. The highest BCUT2D eigenvalue weighted by molar-refractivity contribution is 6.33. The monoisotopic (exact) mass is 382 g/mol. The first-order valence-corrected chi connectivity index (χ1v) is 8.93. The van der Waals surface area contributed by atoms with Crippen molar-refractivity contribution in [1.29, 1.82) is 0 Å². The fourth-order valence-electron chi connectivity index (χ4n) is 2.99. The van der Waals surface area contributed by atoms with E-state index in [2.05, 4.69) is 5.32 Å². The Balaban J connectivity index is 1.90. The molecule has 0 atom stereocenters. The molecule has 0 radical (unpaired) electrons. The van der Waals surface area contributed by atoms with Crippen LogP contribution in [0.1, 0.15) is 11.4 Å². The van der Waals surface area contributed by atoms with Crippen LogP contribution in [0.2, 0.25) is 10.0 Å². The van der Waals surface area contributed by atoms with E-state index in [-0.39, 0.29) is 0 Å². The van der Waals surface area contributed by atoms with Gasteiger partial charge in [0.1, 0.15) is 5.82 Å². The fraction of sp³-hybridized carbons (Fsp3) is 0.100. The van der Waals surface area contributed by atoms with Crippen molar-refractivity contribution in [2.75, 3.05) is 5.32 Å². The molecule has 1 N–H and O–H groups in total. The van der Waals surface area contributed by atoms with Crippen molar-refractivity contribution < 1.29 is 0 Å². The van der Waals surface area contributed by atoms with Crippen LogP contribution in [0.15, 0.2) is 54.6 Å². The van der Waals surface area contributed by atoms with Crippen molar-refractivity contribution in [3.8, 4) is 11.1 Å². The number of hydrogen-bond donors (Lipinski definition) is 1. The summed E-state index contributed by atoms with van der Waals surface area (Å²) in [5.74, 6) is 0.830. The van der Waals surface area contributed by atoms with E-state index < -0.39 is 0 Å². The highest BCUT2D eigenvalue weighted by atomic mass is 35.5. The van der Waals surface area contributed by atoms with Gasteiger partial charge in [-0.25, -0.2) is 4.98 Å². The van der Waals surface area contributed by atoms with E-state index in [0.29, 0.717) is 10.0 Å². The molecule has 0 amide bonds. The maximum atomic E-state index is 6.42. The zero-order chi connectivity index (χ0) is 18.3. The van der Waals surface area contributed by atoms with Gasteiger partial charge < -0.3 is 5.32 Å². The van der Waals surface area contributed by atoms with Crippen molar-refractivity contribution >= 4 is 40.4 Å². The number of benzene rings is 2. The van der Waals surface area contributed by atoms with Crippen LogP contribution in [0.4, 0.5) is 11.5 Å². The average molecular weight is 383 g/mol. The Labute approximate surface area is 161 Å². The Kier molecular flexibility index (Phi) is 4.31. The number of hydrogen-bond acceptors (Lipinski definition) is 3. The molecule has 0 bridgehead atoms. The van der Waals surface area contributed by atoms with Crippen LogP contribution in [0.25, 0.3) is 16.8 Å². The van der Waals surface area contributed by atoms with Gasteiger partial charge in [0.05, 0.1) is 11.3 Å². The molecule has 0 spiro atoms. The zero-order valence-electron chi connectivity index (χ0n) is 14.3. The molecule has 26 heavy (non-hydrogen) atoms. The molecule has 2 aromatic carbocycles. The van der Waals surface area contributed by atoms with Gasteiger partial charge in [-0.2, -0.15) is 9.61 Å². The lowest BCUT2D eigenvalue weighted by atomic mass is 10.1. The Morgan fingerprint density at radius 3 is 2.42 bits per heavy atom. The summed E-state index contributed by atoms with van der Waals surface area (Å²) in [4.78, 5) is 4.71. The molecule has 130 valence electrons. The van der Waals surface area contributed by atoms with E-state index in [1.165, 1.54) is 0 Å². The summed E-state index contributed by atoms with van der Waals surface area (Å²) in [7, 11) is 0. The van der Waals surface area contributed by atoms with Crippen LogP contribution in [0.3, 0.4) is 0 Å². The highest BCUT2D eigenvalue weighted by Gasteiger charge is 2.17. The Hall–Kier alpha value is -2.56. The first-order valence-electron chi connectivity index (χ1n) is 8.17. The maximum absolute atomic E-state index is 6.42. The number of nitrogens with zero attached hydrogens (tertiary/aromatic N) is 3. The number of aromatic nitrogens is 3. The molecule has 4 nitrogen and oxygen atoms in total. The average Bonchev–Trinajstić information content (AvgIpc) is 2.93. The molecule has 6 heteroatoms. The lowest BCUT2D eigenvalue weighted by Gasteiger charge is -2.10. The lowest BCUT2D eigenvalue weighted by Crippen LogP contribution is -2.02. The van der Waals surface area contributed by atoms with Crippen LogP contribution in [-0.2, 0) is 0 Å². The first-order chi connectivity index (χ1) is 12.5. The smallest absolute Gasteiger partial charge is 0.165 e. The van der Waals surface area contributed by atoms with Crippen LogP contribution >= 0.6 is 23.2 Å². The topological polar surface area (TPSA) is 42.2 Å². The third kappa shape index (κ3) is 3.02. The van der Waals surface area contributed by atoms with Gasteiger partial charge in [-0.3, -0.25) is 0 Å². The standard InChI is InChI=1S/C20H16Cl2N4/c1-12-11-18(24-15-9-7-14(21)8-10-15)26-20(23-12)19(13(2)25-26)16-5-3-4-6-17(16)22/h3-11,24H,1-2H3. The molecule has 0 saturated heterocycles. The molecular weight excluding hydrogens is 367 g/mol. The van der Waals surface area contributed by atoms with E-state index in [1.807, 2.05) is 73.0 Å². The third-order valence-corrected chi connectivity index (χ3v) is 4.73. The highest BCUT2D eigenvalue weighted by Crippen LogP contribution is 2.34. The number of nitrogens with one attached hydrogen (secondary N) is 1. The summed E-state index contributed by atoms with van der Waals surface area (Å²) in [6, 6.07) is 17.3. The van der Waals surface area contributed by atoms with Gasteiger partial charge in [0, 0.05) is 33.1 Å². The van der Waals surface area contributed by atoms with Crippen molar-refractivity contribution in [3.63, 3.8) is 0 Å². The number of aryl methyl sites for hydroxylation is 2. The Bertz CT molecular complexity index is 1100. The second kappa shape index (κ2) is 6.63. The summed E-state index contributed by atoms with van der Waals surface area (Å²) in [6.45, 7) is 3.93. The molecule has 2 heterocycles. The molecule has 2 aromatic heterocycles. The van der Waals surface area contributed by atoms with Gasteiger partial charge in [-0.15, -0.1) is 0 Å². The summed E-state index contributed by atoms with van der Waals surface area (Å²) in [5, 5.41) is 9.46. The molecule has 0 aliphatic rings. The number of fused-ring (bicyclic) bond motifs is 1. The minimum atomic E-state index is 0.681. The van der Waals surface area contributed by atoms with E-state index in [9.17, 15) is 0 Å². The number of halogens is 2. The van der Waals surface area contributed by atoms with Crippen molar-refractivity contribution in [1.82, 2.24) is 14.6 Å². The largest absolute Gasteiger partial charge is 0.340 e. The molecule has 0 aliphatic carbocycles. The van der Waals surface area contributed by atoms with Gasteiger partial charge >= 0.3 is 0 Å². The second-order valence-corrected chi connectivity index (χ2v) is 6.93. The summed E-state index contributed by atoms with van der Waals surface area (Å²) >= 11 is 12.4. The summed E-state index contributed by atoms with van der Waals surface area (Å²) in [5.41, 5.74) is 5.33. The first kappa shape index (κ1) is 16.9. The van der Waals surface area contributed by atoms with Crippen molar-refractivity contribution in [3.05, 3.63) is 76.0 Å². The van der Waals surface area contributed by atoms with E-state index >= 15 is 0 Å². The summed E-state index contributed by atoms with van der Waals surface area (Å²) in [6.07, 6.45) is 0. The van der Waals surface area contributed by atoms with Crippen LogP contribution in [0, 0.1) is 13.8 Å². The number of anilines is 2. The minimum absolute atomic E-state index is 0.681. The normalized spacial score (nSPS) is 11.1. The van der Waals surface area contributed by atoms with E-state index in [1.54, 1.807) is 0 Å². The maximum Gasteiger partial charge on any atom is 0.165 e. The van der Waals surface area contributed by atoms with Gasteiger partial charge in [0.25, 0.3) is 0 Å². The number of rotatable bonds is 3. The van der Waals surface area contributed by atoms with Gasteiger partial charge in [-0.1, -0.05) is 41.4 Å². The minimum Gasteiger partial charge on any atom is -0.340 e. The predicted octanol–water partition coefficient (Wildman–Crippen LogP) is 6.06. The Morgan fingerprint density at radius 1 is 0.962 bits per heavy atom. The predicted molar refractivity (Wildman–Crippen MR) is 108 cm³/mol. The van der Waals surface area contributed by atoms with Crippen molar-refractivity contribution in [2.24, 2.45) is 0 Å². The van der Waals surface area contributed by atoms with Gasteiger partial charge in [-0.05, 0) is 44.2 Å². The molecule has 0 fully saturated rings. The third-order valence-electron chi connectivity index (χ3n) is 4.15. The molecule has 4 rings (SSSR count). The lowest BCUT2D eigenvalue weighted by molar-refractivity contribution is 0.917. The summed E-state index contributed by atoms with van der Waals surface area (Å²) < 4.78 is 1.82. The zero-order valence-corrected chi connectivity index (χ0v) is 15.8. The SMILES string of the molecule is Cc1cc(Nc2ccc(Cl)cc2)n2nc(C)c(-c3ccccc3Cl)c2n1. The van der Waals surface area contributed by atoms with Crippen molar-refractivity contribution in [2.45, 2.75) is 13.8 Å². The van der Waals surface area contributed by atoms with Crippen LogP contribution in [0.5, 0.6) is 0 Å². The molecule has 0 saturated carbocycles. The molecular formula is C20H16Cl2N4. The van der Waals surface area contributed by atoms with E-state index in [4.69, 9.17) is 33.3 Å². The van der Waals surface area contributed by atoms with E-state index in [0.717, 1.165) is 39.7 Å². The fourth-order valence-corrected chi connectivity index (χ4v) is 3.35. The molecule has 0 unspecified atom stereocenters. The van der Waals surface area contributed by atoms with Gasteiger partial charge in [0.15, 0.2) is 5.65 Å². The second-order valence-electron chi connectivity index (χ2n) is 6.09. The molecule has 4 aromatic rings. The Morgan fingerprint density at radius 2 is 1.69 bits per heavy atom. The van der Waals surface area contributed by atoms with Crippen LogP contribution in [-0.4, -0.2) is 14.6 Å². The molecule has 0 aliphatic heterocycles. The van der Waals surface area contributed by atoms with Crippen LogP contribution < -0.4 is 5.32 Å². The van der Waals surface area contributed by atoms with Gasteiger partial charge in [0.2, 0.25) is 0 Å².